The van der Waals surface area contributed by atoms with Crippen LogP contribution in [-0.4, -0.2) is 29.0 Å². The van der Waals surface area contributed by atoms with Crippen molar-refractivity contribution in [1.29, 1.82) is 0 Å². The Hall–Kier alpha value is -1.01. The largest absolute Gasteiger partial charge is 0.316 e. The Labute approximate surface area is 95.8 Å². The van der Waals surface area contributed by atoms with Gasteiger partial charge in [0.1, 0.15) is 4.60 Å². The van der Waals surface area contributed by atoms with Crippen LogP contribution >= 0.6 is 15.9 Å². The summed E-state index contributed by atoms with van der Waals surface area (Å²) in [6.07, 6.45) is 3.63. The molecule has 0 saturated carbocycles. The van der Waals surface area contributed by atoms with E-state index in [1.807, 2.05) is 0 Å². The molecule has 0 radical (unpaired) electrons. The number of carbonyl (C=O) groups is 1. The Morgan fingerprint density at radius 1 is 1.53 bits per heavy atom. The molecule has 1 aliphatic rings. The van der Waals surface area contributed by atoms with Crippen LogP contribution in [-0.2, 0) is 4.79 Å². The van der Waals surface area contributed by atoms with Crippen molar-refractivity contribution in [1.82, 2.24) is 15.3 Å². The third-order valence-corrected chi connectivity index (χ3v) is 2.64. The molecule has 0 aromatic carbocycles. The van der Waals surface area contributed by atoms with Gasteiger partial charge in [0, 0.05) is 6.42 Å². The zero-order chi connectivity index (χ0) is 10.7. The Bertz CT molecular complexity index is 350. The summed E-state index contributed by atoms with van der Waals surface area (Å²) in [7, 11) is 0. The summed E-state index contributed by atoms with van der Waals surface area (Å²) in [6.45, 7) is 1.86. The molecule has 2 heterocycles. The van der Waals surface area contributed by atoms with Crippen molar-refractivity contribution in [3.63, 3.8) is 0 Å². The Balaban J connectivity index is 1.84. The van der Waals surface area contributed by atoms with Gasteiger partial charge in [-0.2, -0.15) is 0 Å². The van der Waals surface area contributed by atoms with Crippen LogP contribution in [0.25, 0.3) is 0 Å². The molecule has 0 spiro atoms. The highest BCUT2D eigenvalue weighted by Crippen LogP contribution is 2.11. The van der Waals surface area contributed by atoms with Gasteiger partial charge in [-0.25, -0.2) is 9.97 Å². The first-order valence-corrected chi connectivity index (χ1v) is 5.51. The van der Waals surface area contributed by atoms with E-state index in [-0.39, 0.29) is 5.91 Å². The summed E-state index contributed by atoms with van der Waals surface area (Å²) in [5.74, 6) is 0.960. The quantitative estimate of drug-likeness (QED) is 0.852. The van der Waals surface area contributed by atoms with Gasteiger partial charge >= 0.3 is 0 Å². The highest BCUT2D eigenvalue weighted by Gasteiger charge is 2.20. The molecule has 2 N–H and O–H groups in total. The van der Waals surface area contributed by atoms with E-state index in [4.69, 9.17) is 0 Å². The molecule has 6 heteroatoms. The van der Waals surface area contributed by atoms with Crippen molar-refractivity contribution in [2.45, 2.75) is 6.42 Å². The van der Waals surface area contributed by atoms with E-state index in [0.717, 1.165) is 13.1 Å². The van der Waals surface area contributed by atoms with Crippen LogP contribution in [0, 0.1) is 5.92 Å². The highest BCUT2D eigenvalue weighted by atomic mass is 79.9. The van der Waals surface area contributed by atoms with Gasteiger partial charge in [-0.05, 0) is 34.9 Å². The molecule has 15 heavy (non-hydrogen) atoms. The predicted molar refractivity (Wildman–Crippen MR) is 59.3 cm³/mol. The summed E-state index contributed by atoms with van der Waals surface area (Å²) in [4.78, 5) is 19.5. The molecule has 1 saturated heterocycles. The molecule has 80 valence electrons. The fraction of sp³-hybridized carbons (Fsp3) is 0.444. The fourth-order valence-electron chi connectivity index (χ4n) is 1.33. The van der Waals surface area contributed by atoms with Crippen LogP contribution in [0.2, 0.25) is 0 Å². The lowest BCUT2D eigenvalue weighted by Gasteiger charge is -2.26. The van der Waals surface area contributed by atoms with Crippen LogP contribution in [0.3, 0.4) is 0 Å². The number of carbonyl (C=O) groups excluding carboxylic acids is 1. The Morgan fingerprint density at radius 3 is 2.87 bits per heavy atom. The van der Waals surface area contributed by atoms with E-state index in [1.54, 1.807) is 6.20 Å². The van der Waals surface area contributed by atoms with Crippen molar-refractivity contribution in [3.8, 4) is 0 Å². The Morgan fingerprint density at radius 2 is 2.33 bits per heavy atom. The molecule has 0 bridgehead atoms. The zero-order valence-corrected chi connectivity index (χ0v) is 9.62. The zero-order valence-electron chi connectivity index (χ0n) is 8.03. The average Bonchev–Trinajstić information content (AvgIpc) is 2.16. The monoisotopic (exact) mass is 270 g/mol. The minimum atomic E-state index is -0.00174. The smallest absolute Gasteiger partial charge is 0.225 e. The third-order valence-electron chi connectivity index (χ3n) is 2.23. The van der Waals surface area contributed by atoms with Crippen LogP contribution in [0.15, 0.2) is 17.0 Å². The van der Waals surface area contributed by atoms with E-state index >= 15 is 0 Å². The molecule has 1 aromatic rings. The highest BCUT2D eigenvalue weighted by molar-refractivity contribution is 9.10. The first-order valence-electron chi connectivity index (χ1n) is 4.72. The van der Waals surface area contributed by atoms with Crippen molar-refractivity contribution >= 4 is 27.7 Å². The van der Waals surface area contributed by atoms with E-state index in [0.29, 0.717) is 22.8 Å². The van der Waals surface area contributed by atoms with Gasteiger partial charge in [0.05, 0.1) is 12.4 Å². The summed E-state index contributed by atoms with van der Waals surface area (Å²) < 4.78 is 0.656. The summed E-state index contributed by atoms with van der Waals surface area (Å²) >= 11 is 3.18. The first-order chi connectivity index (χ1) is 7.24. The molecule has 5 nitrogen and oxygen atoms in total. The second-order valence-electron chi connectivity index (χ2n) is 3.50. The molecule has 2 rings (SSSR count). The van der Waals surface area contributed by atoms with Gasteiger partial charge < -0.3 is 10.6 Å². The van der Waals surface area contributed by atoms with E-state index < -0.39 is 0 Å². The first kappa shape index (κ1) is 10.5. The van der Waals surface area contributed by atoms with Crippen LogP contribution in [0.1, 0.15) is 6.42 Å². The fourth-order valence-corrected chi connectivity index (χ4v) is 1.53. The average molecular weight is 271 g/mol. The number of nitrogens with zero attached hydrogens (tertiary/aromatic N) is 2. The minimum Gasteiger partial charge on any atom is -0.316 e. The molecule has 0 unspecified atom stereocenters. The van der Waals surface area contributed by atoms with Crippen LogP contribution in [0.5, 0.6) is 0 Å². The van der Waals surface area contributed by atoms with Gasteiger partial charge in [-0.1, -0.05) is 0 Å². The third kappa shape index (κ3) is 2.97. The number of nitrogens with one attached hydrogen (secondary N) is 2. The lowest BCUT2D eigenvalue weighted by Crippen LogP contribution is -2.43. The maximum absolute atomic E-state index is 11.5. The van der Waals surface area contributed by atoms with Crippen molar-refractivity contribution in [2.24, 2.45) is 5.92 Å². The lowest BCUT2D eigenvalue weighted by atomic mass is 9.99. The van der Waals surface area contributed by atoms with Crippen molar-refractivity contribution < 1.29 is 4.79 Å². The standard InChI is InChI=1S/C9H11BrN4O/c10-7-4-13-8(5-12-7)14-9(15)1-6-2-11-3-6/h4-6,11H,1-3H2,(H,13,14,15). The number of hydrogen-bond donors (Lipinski definition) is 2. The molecule has 1 fully saturated rings. The number of anilines is 1. The second-order valence-corrected chi connectivity index (χ2v) is 4.31. The SMILES string of the molecule is O=C(CC1CNC1)Nc1cnc(Br)cn1. The predicted octanol–water partition coefficient (Wildman–Crippen LogP) is 0.787. The van der Waals surface area contributed by atoms with Gasteiger partial charge in [-0.3, -0.25) is 4.79 Å². The van der Waals surface area contributed by atoms with Crippen LogP contribution in [0.4, 0.5) is 5.82 Å². The van der Waals surface area contributed by atoms with Crippen molar-refractivity contribution in [3.05, 3.63) is 17.0 Å². The summed E-state index contributed by atoms with van der Waals surface area (Å²) in [5, 5.41) is 5.83. The topological polar surface area (TPSA) is 66.9 Å². The molecule has 0 atom stereocenters. The molecule has 1 amide bonds. The van der Waals surface area contributed by atoms with Gasteiger partial charge in [-0.15, -0.1) is 0 Å². The molecular formula is C9H11BrN4O. The van der Waals surface area contributed by atoms with E-state index in [9.17, 15) is 4.79 Å². The Kier molecular flexibility index (Phi) is 3.27. The number of rotatable bonds is 3. The van der Waals surface area contributed by atoms with E-state index in [2.05, 4.69) is 36.5 Å². The minimum absolute atomic E-state index is 0.00174. The normalized spacial score (nSPS) is 15.8. The number of aromatic nitrogens is 2. The van der Waals surface area contributed by atoms with Crippen molar-refractivity contribution in [2.75, 3.05) is 18.4 Å². The number of halogens is 1. The van der Waals surface area contributed by atoms with Gasteiger partial charge in [0.15, 0.2) is 5.82 Å². The maximum atomic E-state index is 11.5. The summed E-state index contributed by atoms with van der Waals surface area (Å²) in [5.41, 5.74) is 0. The van der Waals surface area contributed by atoms with Crippen LogP contribution < -0.4 is 10.6 Å². The lowest BCUT2D eigenvalue weighted by molar-refractivity contribution is -0.117. The molecule has 1 aliphatic heterocycles. The molecular weight excluding hydrogens is 260 g/mol. The number of hydrogen-bond acceptors (Lipinski definition) is 4. The van der Waals surface area contributed by atoms with E-state index in [1.165, 1.54) is 6.20 Å². The molecule has 0 aliphatic carbocycles. The van der Waals surface area contributed by atoms with Gasteiger partial charge in [0.25, 0.3) is 0 Å². The molecule has 1 aromatic heterocycles. The second kappa shape index (κ2) is 4.67. The van der Waals surface area contributed by atoms with Gasteiger partial charge in [0.2, 0.25) is 5.91 Å². The number of amides is 1. The maximum Gasteiger partial charge on any atom is 0.225 e. The summed E-state index contributed by atoms with van der Waals surface area (Å²) in [6, 6.07) is 0.